The van der Waals surface area contributed by atoms with E-state index in [4.69, 9.17) is 0 Å². The molecule has 0 fully saturated rings. The van der Waals surface area contributed by atoms with Crippen LogP contribution in [0.4, 0.5) is 0 Å². The monoisotopic (exact) mass is 252 g/mol. The van der Waals surface area contributed by atoms with Crippen LogP contribution in [0.2, 0.25) is 0 Å². The molecule has 0 aromatic rings. The topological polar surface area (TPSA) is 6.48 Å². The van der Waals surface area contributed by atoms with Gasteiger partial charge in [0.2, 0.25) is 0 Å². The Bertz CT molecular complexity index is 276. The molecule has 0 aliphatic heterocycles. The Hall–Kier alpha value is -0.520. The Balaban J connectivity index is 4.39. The molecule has 0 radical (unpaired) electrons. The fourth-order valence-corrected chi connectivity index (χ4v) is 2.23. The SMILES string of the molecule is C[C@@H](C[C@@H](C#CCN(C)C)N(C)C)CC(C)(C)C. The lowest BCUT2D eigenvalue weighted by atomic mass is 9.83. The van der Waals surface area contributed by atoms with E-state index < -0.39 is 0 Å². The van der Waals surface area contributed by atoms with Crippen LogP contribution in [0, 0.1) is 23.2 Å². The summed E-state index contributed by atoms with van der Waals surface area (Å²) in [6, 6.07) is 0.377. The van der Waals surface area contributed by atoms with Gasteiger partial charge in [-0.3, -0.25) is 9.80 Å². The smallest absolute Gasteiger partial charge is 0.0712 e. The molecule has 18 heavy (non-hydrogen) atoms. The van der Waals surface area contributed by atoms with E-state index in [0.29, 0.717) is 17.4 Å². The average Bonchev–Trinajstić information content (AvgIpc) is 2.12. The first-order valence-electron chi connectivity index (χ1n) is 6.91. The molecule has 0 saturated heterocycles. The second-order valence-electron chi connectivity index (χ2n) is 7.14. The number of hydrogen-bond acceptors (Lipinski definition) is 2. The molecule has 106 valence electrons. The average molecular weight is 252 g/mol. The molecule has 0 saturated carbocycles. The Morgan fingerprint density at radius 2 is 1.61 bits per heavy atom. The van der Waals surface area contributed by atoms with Gasteiger partial charge in [0.1, 0.15) is 0 Å². The summed E-state index contributed by atoms with van der Waals surface area (Å²) in [5, 5.41) is 0. The van der Waals surface area contributed by atoms with Crippen molar-refractivity contribution in [3.8, 4) is 11.8 Å². The third-order valence-electron chi connectivity index (χ3n) is 2.87. The van der Waals surface area contributed by atoms with Gasteiger partial charge in [0.15, 0.2) is 0 Å². The van der Waals surface area contributed by atoms with Gasteiger partial charge in [-0.1, -0.05) is 39.5 Å². The first-order chi connectivity index (χ1) is 8.11. The summed E-state index contributed by atoms with van der Waals surface area (Å²) >= 11 is 0. The fourth-order valence-electron chi connectivity index (χ4n) is 2.23. The van der Waals surface area contributed by atoms with Crippen molar-refractivity contribution in [1.82, 2.24) is 9.80 Å². The highest BCUT2D eigenvalue weighted by Crippen LogP contribution is 2.27. The summed E-state index contributed by atoms with van der Waals surface area (Å²) < 4.78 is 0. The van der Waals surface area contributed by atoms with Gasteiger partial charge in [-0.15, -0.1) is 0 Å². The van der Waals surface area contributed by atoms with Gasteiger partial charge in [0.25, 0.3) is 0 Å². The second kappa shape index (κ2) is 7.81. The maximum Gasteiger partial charge on any atom is 0.0712 e. The van der Waals surface area contributed by atoms with Crippen molar-refractivity contribution in [3.05, 3.63) is 0 Å². The van der Waals surface area contributed by atoms with Gasteiger partial charge < -0.3 is 0 Å². The molecule has 0 bridgehead atoms. The van der Waals surface area contributed by atoms with E-state index >= 15 is 0 Å². The second-order valence-corrected chi connectivity index (χ2v) is 7.14. The third-order valence-corrected chi connectivity index (χ3v) is 2.87. The van der Waals surface area contributed by atoms with Crippen LogP contribution in [0.1, 0.15) is 40.5 Å². The van der Waals surface area contributed by atoms with E-state index in [1.165, 1.54) is 6.42 Å². The van der Waals surface area contributed by atoms with Gasteiger partial charge in [-0.2, -0.15) is 0 Å². The zero-order valence-electron chi connectivity index (χ0n) is 13.7. The van der Waals surface area contributed by atoms with Crippen molar-refractivity contribution >= 4 is 0 Å². The lowest BCUT2D eigenvalue weighted by Gasteiger charge is -2.27. The highest BCUT2D eigenvalue weighted by molar-refractivity contribution is 5.09. The molecule has 0 N–H and O–H groups in total. The largest absolute Gasteiger partial charge is 0.299 e. The van der Waals surface area contributed by atoms with Crippen molar-refractivity contribution in [1.29, 1.82) is 0 Å². The molecule has 0 heterocycles. The quantitative estimate of drug-likeness (QED) is 0.694. The van der Waals surface area contributed by atoms with Crippen LogP contribution >= 0.6 is 0 Å². The first-order valence-corrected chi connectivity index (χ1v) is 6.91. The normalized spacial score (nSPS) is 15.4. The molecule has 2 heteroatoms. The molecule has 2 atom stereocenters. The zero-order chi connectivity index (χ0) is 14.3. The maximum atomic E-state index is 3.40. The summed E-state index contributed by atoms with van der Waals surface area (Å²) in [4.78, 5) is 4.35. The number of nitrogens with zero attached hydrogens (tertiary/aromatic N) is 2. The molecule has 0 aliphatic carbocycles. The maximum absolute atomic E-state index is 3.40. The van der Waals surface area contributed by atoms with E-state index in [1.54, 1.807) is 0 Å². The molecule has 2 nitrogen and oxygen atoms in total. The molecular weight excluding hydrogens is 220 g/mol. The highest BCUT2D eigenvalue weighted by Gasteiger charge is 2.19. The van der Waals surface area contributed by atoms with Crippen LogP contribution < -0.4 is 0 Å². The van der Waals surface area contributed by atoms with Crippen LogP contribution in [0.25, 0.3) is 0 Å². The van der Waals surface area contributed by atoms with Crippen LogP contribution in [-0.4, -0.2) is 50.6 Å². The highest BCUT2D eigenvalue weighted by atomic mass is 15.1. The molecule has 0 aliphatic rings. The van der Waals surface area contributed by atoms with E-state index in [2.05, 4.69) is 77.5 Å². The van der Waals surface area contributed by atoms with Crippen LogP contribution in [0.3, 0.4) is 0 Å². The Morgan fingerprint density at radius 1 is 1.06 bits per heavy atom. The fraction of sp³-hybridized carbons (Fsp3) is 0.875. The van der Waals surface area contributed by atoms with Gasteiger partial charge in [-0.25, -0.2) is 0 Å². The molecule has 0 aromatic heterocycles. The third kappa shape index (κ3) is 9.50. The Kier molecular flexibility index (Phi) is 7.59. The standard InChI is InChI=1S/C16H32N2/c1-14(13-16(2,3)4)12-15(18(7)8)10-9-11-17(5)6/h14-15H,11-13H2,1-8H3/t14-,15+/m0/s1. The molecule has 0 rings (SSSR count). The molecule has 0 spiro atoms. The van der Waals surface area contributed by atoms with Gasteiger partial charge >= 0.3 is 0 Å². The van der Waals surface area contributed by atoms with Gasteiger partial charge in [0.05, 0.1) is 12.6 Å². The summed E-state index contributed by atoms with van der Waals surface area (Å²) in [6.45, 7) is 10.1. The molecule has 0 unspecified atom stereocenters. The van der Waals surface area contributed by atoms with Crippen molar-refractivity contribution in [2.75, 3.05) is 34.7 Å². The minimum Gasteiger partial charge on any atom is -0.299 e. The first kappa shape index (κ1) is 17.5. The predicted octanol–water partition coefficient (Wildman–Crippen LogP) is 2.94. The summed E-state index contributed by atoms with van der Waals surface area (Å²) in [6.07, 6.45) is 2.41. The van der Waals surface area contributed by atoms with Crippen LogP contribution in [-0.2, 0) is 0 Å². The summed E-state index contributed by atoms with van der Waals surface area (Å²) in [5.74, 6) is 7.38. The van der Waals surface area contributed by atoms with E-state index in [0.717, 1.165) is 13.0 Å². The minimum absolute atomic E-state index is 0.377. The van der Waals surface area contributed by atoms with Crippen LogP contribution in [0.15, 0.2) is 0 Å². The number of hydrogen-bond donors (Lipinski definition) is 0. The van der Waals surface area contributed by atoms with E-state index in [-0.39, 0.29) is 0 Å². The summed E-state index contributed by atoms with van der Waals surface area (Å²) in [5.41, 5.74) is 0.410. The lowest BCUT2D eigenvalue weighted by Crippen LogP contribution is -2.29. The van der Waals surface area contributed by atoms with Crippen molar-refractivity contribution in [2.45, 2.75) is 46.6 Å². The Morgan fingerprint density at radius 3 is 2.00 bits per heavy atom. The minimum atomic E-state index is 0.377. The van der Waals surface area contributed by atoms with Gasteiger partial charge in [-0.05, 0) is 52.4 Å². The summed E-state index contributed by atoms with van der Waals surface area (Å²) in [7, 11) is 8.36. The lowest BCUT2D eigenvalue weighted by molar-refractivity contribution is 0.246. The zero-order valence-corrected chi connectivity index (χ0v) is 13.7. The van der Waals surface area contributed by atoms with Crippen LogP contribution in [0.5, 0.6) is 0 Å². The van der Waals surface area contributed by atoms with E-state index in [9.17, 15) is 0 Å². The molecule has 0 amide bonds. The van der Waals surface area contributed by atoms with Crippen molar-refractivity contribution in [2.24, 2.45) is 11.3 Å². The van der Waals surface area contributed by atoms with Crippen molar-refractivity contribution in [3.63, 3.8) is 0 Å². The van der Waals surface area contributed by atoms with Gasteiger partial charge in [0, 0.05) is 0 Å². The van der Waals surface area contributed by atoms with E-state index in [1.807, 2.05) is 0 Å². The molecule has 0 aromatic carbocycles. The molecular formula is C16H32N2. The Labute approximate surface area is 115 Å². The number of rotatable bonds is 5. The van der Waals surface area contributed by atoms with Crippen molar-refractivity contribution < 1.29 is 0 Å². The predicted molar refractivity (Wildman–Crippen MR) is 81.7 cm³/mol.